The summed E-state index contributed by atoms with van der Waals surface area (Å²) in [5, 5.41) is 11.8. The number of hydrogen-bond donors (Lipinski definition) is 0. The quantitative estimate of drug-likeness (QED) is 0.104. The molecule has 0 aliphatic heterocycles. The summed E-state index contributed by atoms with van der Waals surface area (Å²) in [6, 6.07) is 14.4. The van der Waals surface area contributed by atoms with Crippen molar-refractivity contribution in [1.29, 1.82) is 0 Å². The minimum atomic E-state index is -0.378. The molecule has 3 aromatic rings. The molecule has 2 aromatic carbocycles. The Balaban J connectivity index is 0.00000341. The number of quaternary nitrogens is 1. The lowest BCUT2D eigenvalue weighted by atomic mass is 10.2. The van der Waals surface area contributed by atoms with Crippen molar-refractivity contribution in [2.75, 3.05) is 27.7 Å². The molecule has 3 rings (SSSR count). The van der Waals surface area contributed by atoms with Gasteiger partial charge in [-0.1, -0.05) is 6.07 Å². The van der Waals surface area contributed by atoms with Crippen LogP contribution in [0.15, 0.2) is 54.7 Å². The molecule has 166 valence electrons. The zero-order valence-corrected chi connectivity index (χ0v) is 20.2. The van der Waals surface area contributed by atoms with Crippen molar-refractivity contribution in [3.63, 3.8) is 0 Å². The molecule has 0 fully saturated rings. The summed E-state index contributed by atoms with van der Waals surface area (Å²) in [4.78, 5) is 22.8. The molecule has 8 heteroatoms. The van der Waals surface area contributed by atoms with E-state index in [2.05, 4.69) is 25.7 Å². The van der Waals surface area contributed by atoms with Crippen molar-refractivity contribution in [3.8, 4) is 0 Å². The molecule has 7 nitrogen and oxygen atoms in total. The topological polar surface area (TPSA) is 74.4 Å². The highest BCUT2D eigenvalue weighted by Crippen LogP contribution is 2.22. The van der Waals surface area contributed by atoms with Crippen molar-refractivity contribution in [1.82, 2.24) is 9.05 Å². The molecule has 0 atom stereocenters. The number of rotatable bonds is 9. The van der Waals surface area contributed by atoms with Crippen LogP contribution in [0.25, 0.3) is 10.9 Å². The number of non-ortho nitro benzene ring substituents is 1. The van der Waals surface area contributed by atoms with Crippen molar-refractivity contribution >= 4 is 28.2 Å². The smallest absolute Gasteiger partial charge is 0.338 e. The summed E-state index contributed by atoms with van der Waals surface area (Å²) >= 11 is 0. The van der Waals surface area contributed by atoms with Crippen LogP contribution in [-0.2, 0) is 11.3 Å². The van der Waals surface area contributed by atoms with Gasteiger partial charge in [-0.3, -0.25) is 14.6 Å². The maximum atomic E-state index is 12.3. The number of carbonyl (C=O) groups excluding carboxylic acids is 1. The molecule has 31 heavy (non-hydrogen) atoms. The first kappa shape index (κ1) is 24.8. The number of hydrogen-bond acceptors (Lipinski definition) is 4. The third-order valence-corrected chi connectivity index (χ3v) is 5.10. The van der Waals surface area contributed by atoms with E-state index in [1.807, 2.05) is 30.5 Å². The normalized spacial score (nSPS) is 11.2. The molecule has 0 spiro atoms. The van der Waals surface area contributed by atoms with E-state index in [-0.39, 0.29) is 40.6 Å². The Morgan fingerprint density at radius 3 is 2.55 bits per heavy atom. The number of nitro groups is 1. The van der Waals surface area contributed by atoms with Gasteiger partial charge in [0.1, 0.15) is 5.69 Å². The van der Waals surface area contributed by atoms with Gasteiger partial charge in [0.25, 0.3) is 5.69 Å². The fourth-order valence-corrected chi connectivity index (χ4v) is 3.36. The van der Waals surface area contributed by atoms with Gasteiger partial charge < -0.3 is 33.3 Å². The molecule has 0 amide bonds. The highest BCUT2D eigenvalue weighted by atomic mass is 127. The molecule has 1 heterocycles. The van der Waals surface area contributed by atoms with Gasteiger partial charge in [0.15, 0.2) is 0 Å². The van der Waals surface area contributed by atoms with Crippen molar-refractivity contribution in [2.24, 2.45) is 0 Å². The van der Waals surface area contributed by atoms with E-state index in [4.69, 9.17) is 4.74 Å². The predicted molar refractivity (Wildman–Crippen MR) is 119 cm³/mol. The third-order valence-electron chi connectivity index (χ3n) is 5.10. The summed E-state index contributed by atoms with van der Waals surface area (Å²) in [5.41, 5.74) is 2.72. The number of carbonyl (C=O) groups is 1. The zero-order chi connectivity index (χ0) is 21.7. The molecule has 0 bridgehead atoms. The van der Waals surface area contributed by atoms with Crippen LogP contribution in [0.4, 0.5) is 11.4 Å². The van der Waals surface area contributed by atoms with Crippen LogP contribution in [0, 0.1) is 10.1 Å². The molecule has 0 saturated carbocycles. The maximum Gasteiger partial charge on any atom is 0.338 e. The fraction of sp³-hybridized carbons (Fsp3) is 0.348. The number of nitrogens with zero attached hydrogens (tertiary/aromatic N) is 3. The average molecular weight is 537 g/mol. The van der Waals surface area contributed by atoms with Gasteiger partial charge in [-0.05, 0) is 43.5 Å². The highest BCUT2D eigenvalue weighted by Gasteiger charge is 2.15. The summed E-state index contributed by atoms with van der Waals surface area (Å²) in [6.45, 7) is 1.22. The first-order valence-corrected chi connectivity index (χ1v) is 10.1. The fourth-order valence-electron chi connectivity index (χ4n) is 3.36. The van der Waals surface area contributed by atoms with Crippen LogP contribution in [0.2, 0.25) is 0 Å². The molecular weight excluding hydrogens is 509 g/mol. The lowest BCUT2D eigenvalue weighted by Gasteiger charge is -2.23. The Bertz CT molecular complexity index is 1060. The van der Waals surface area contributed by atoms with Gasteiger partial charge in [0.2, 0.25) is 0 Å². The molecule has 0 radical (unpaired) electrons. The lowest BCUT2D eigenvalue weighted by Crippen LogP contribution is -3.00. The summed E-state index contributed by atoms with van der Waals surface area (Å²) in [5.74, 6) is -0.289. The Morgan fingerprint density at radius 1 is 1.06 bits per heavy atom. The van der Waals surface area contributed by atoms with Gasteiger partial charge in [0.05, 0.1) is 38.2 Å². The number of aromatic nitrogens is 1. The SMILES string of the molecule is C[N+](C)(C)c1cccc(C(=O)OCCCCCn2ccc3cc([N+](=O)[O-])ccc32)c1.[I-]. The van der Waals surface area contributed by atoms with E-state index in [0.717, 1.165) is 42.4 Å². The van der Waals surface area contributed by atoms with Crippen LogP contribution in [-0.4, -0.2) is 43.2 Å². The number of unbranched alkanes of at least 4 members (excludes halogenated alkanes) is 2. The number of benzene rings is 2. The van der Waals surface area contributed by atoms with E-state index >= 15 is 0 Å². The highest BCUT2D eigenvalue weighted by molar-refractivity contribution is 5.90. The van der Waals surface area contributed by atoms with Crippen molar-refractivity contribution < 1.29 is 38.4 Å². The van der Waals surface area contributed by atoms with Gasteiger partial charge in [-0.2, -0.15) is 0 Å². The van der Waals surface area contributed by atoms with Gasteiger partial charge in [0, 0.05) is 41.8 Å². The van der Waals surface area contributed by atoms with Gasteiger partial charge >= 0.3 is 5.97 Å². The van der Waals surface area contributed by atoms with Crippen LogP contribution in [0.1, 0.15) is 29.6 Å². The number of nitro benzene ring substituents is 1. The first-order chi connectivity index (χ1) is 14.3. The van der Waals surface area contributed by atoms with Crippen LogP contribution in [0.3, 0.4) is 0 Å². The van der Waals surface area contributed by atoms with E-state index in [0.29, 0.717) is 16.7 Å². The zero-order valence-electron chi connectivity index (χ0n) is 18.1. The molecular formula is C23H28IN3O4. The Morgan fingerprint density at radius 2 is 1.84 bits per heavy atom. The minimum Gasteiger partial charge on any atom is -1.00 e. The first-order valence-electron chi connectivity index (χ1n) is 10.1. The van der Waals surface area contributed by atoms with Crippen LogP contribution in [0.5, 0.6) is 0 Å². The van der Waals surface area contributed by atoms with E-state index < -0.39 is 0 Å². The second kappa shape index (κ2) is 10.7. The number of esters is 1. The van der Waals surface area contributed by atoms with E-state index in [9.17, 15) is 14.9 Å². The number of fused-ring (bicyclic) bond motifs is 1. The molecule has 0 N–H and O–H groups in total. The standard InChI is InChI=1S/C23H28N3O4.HI/c1-26(2,3)21-9-7-8-19(17-21)23(27)30-15-6-4-5-13-24-14-12-18-16-20(25(28)29)10-11-22(18)24;/h7-12,14,16-17H,4-6,13,15H2,1-3H3;1H/q+1;/p-1. The van der Waals surface area contributed by atoms with Crippen molar-refractivity contribution in [2.45, 2.75) is 25.8 Å². The monoisotopic (exact) mass is 537 g/mol. The number of halogens is 1. The van der Waals surface area contributed by atoms with Gasteiger partial charge in [-0.15, -0.1) is 0 Å². The second-order valence-electron chi connectivity index (χ2n) is 8.27. The molecule has 1 aromatic heterocycles. The average Bonchev–Trinajstić information content (AvgIpc) is 3.12. The second-order valence-corrected chi connectivity index (χ2v) is 8.27. The third kappa shape index (κ3) is 6.51. The van der Waals surface area contributed by atoms with Gasteiger partial charge in [-0.25, -0.2) is 4.79 Å². The Kier molecular flexibility index (Phi) is 8.58. The lowest BCUT2D eigenvalue weighted by molar-refractivity contribution is -0.384. The summed E-state index contributed by atoms with van der Waals surface area (Å²) in [7, 11) is 6.17. The molecule has 0 aliphatic rings. The summed E-state index contributed by atoms with van der Waals surface area (Å²) < 4.78 is 8.16. The molecule has 0 aliphatic carbocycles. The number of ether oxygens (including phenoxy) is 1. The molecule has 0 unspecified atom stereocenters. The van der Waals surface area contributed by atoms with E-state index in [1.165, 1.54) is 6.07 Å². The number of aryl methyl sites for hydroxylation is 1. The van der Waals surface area contributed by atoms with Crippen molar-refractivity contribution in [3.05, 3.63) is 70.4 Å². The Hall–Kier alpha value is -2.46. The largest absolute Gasteiger partial charge is 1.00 e. The molecule has 0 saturated heterocycles. The maximum absolute atomic E-state index is 12.3. The van der Waals surface area contributed by atoms with Crippen LogP contribution >= 0.6 is 0 Å². The predicted octanol–water partition coefficient (Wildman–Crippen LogP) is 1.78. The Labute approximate surface area is 199 Å². The summed E-state index contributed by atoms with van der Waals surface area (Å²) in [6.07, 6.45) is 4.62. The van der Waals surface area contributed by atoms with E-state index in [1.54, 1.807) is 18.2 Å². The minimum absolute atomic E-state index is 0. The van der Waals surface area contributed by atoms with Crippen LogP contribution < -0.4 is 28.5 Å².